The molecule has 0 saturated carbocycles. The molecule has 0 bridgehead atoms. The molecule has 0 saturated heterocycles. The van der Waals surface area contributed by atoms with Gasteiger partial charge in [0, 0.05) is 12.1 Å². The highest BCUT2D eigenvalue weighted by Gasteiger charge is 2.10. The first-order valence-electron chi connectivity index (χ1n) is 5.57. The van der Waals surface area contributed by atoms with Gasteiger partial charge in [0.2, 0.25) is 0 Å². The standard InChI is InChI=1S/C14H13Cl2NO/c1-2-8-17-9-10-6-7-13(18-10)11-4-3-5-12(15)14(11)16/h2-7,17H,1,8-9H2. The lowest BCUT2D eigenvalue weighted by Gasteiger charge is -2.02. The van der Waals surface area contributed by atoms with Crippen molar-refractivity contribution in [3.63, 3.8) is 0 Å². The van der Waals surface area contributed by atoms with Crippen LogP contribution >= 0.6 is 23.2 Å². The van der Waals surface area contributed by atoms with Gasteiger partial charge >= 0.3 is 0 Å². The molecular weight excluding hydrogens is 269 g/mol. The van der Waals surface area contributed by atoms with Crippen LogP contribution in [-0.2, 0) is 6.54 Å². The van der Waals surface area contributed by atoms with Crippen molar-refractivity contribution in [3.8, 4) is 11.3 Å². The van der Waals surface area contributed by atoms with Crippen LogP contribution in [0.1, 0.15) is 5.76 Å². The molecule has 0 amide bonds. The number of nitrogens with one attached hydrogen (secondary N) is 1. The first-order chi connectivity index (χ1) is 8.72. The maximum Gasteiger partial charge on any atom is 0.135 e. The van der Waals surface area contributed by atoms with Crippen molar-refractivity contribution in [1.82, 2.24) is 5.32 Å². The summed E-state index contributed by atoms with van der Waals surface area (Å²) in [6.45, 7) is 5.04. The maximum atomic E-state index is 6.14. The van der Waals surface area contributed by atoms with Crippen LogP contribution in [0.15, 0.2) is 47.4 Å². The van der Waals surface area contributed by atoms with Crippen LogP contribution in [0.25, 0.3) is 11.3 Å². The second kappa shape index (κ2) is 6.10. The van der Waals surface area contributed by atoms with E-state index in [4.69, 9.17) is 27.6 Å². The minimum absolute atomic E-state index is 0.513. The highest BCUT2D eigenvalue weighted by molar-refractivity contribution is 6.43. The molecule has 0 atom stereocenters. The molecule has 2 rings (SSSR count). The molecule has 0 unspecified atom stereocenters. The lowest BCUT2D eigenvalue weighted by atomic mass is 10.2. The Morgan fingerprint density at radius 2 is 2.06 bits per heavy atom. The lowest BCUT2D eigenvalue weighted by Crippen LogP contribution is -2.11. The Kier molecular flexibility index (Phi) is 4.48. The van der Waals surface area contributed by atoms with E-state index >= 15 is 0 Å². The van der Waals surface area contributed by atoms with Crippen LogP contribution in [0.5, 0.6) is 0 Å². The van der Waals surface area contributed by atoms with Crippen LogP contribution in [0.2, 0.25) is 10.0 Å². The van der Waals surface area contributed by atoms with Gasteiger partial charge < -0.3 is 9.73 Å². The van der Waals surface area contributed by atoms with Crippen molar-refractivity contribution in [2.75, 3.05) is 6.54 Å². The van der Waals surface area contributed by atoms with Gasteiger partial charge in [-0.3, -0.25) is 0 Å². The first kappa shape index (κ1) is 13.2. The van der Waals surface area contributed by atoms with E-state index in [9.17, 15) is 0 Å². The Morgan fingerprint density at radius 3 is 2.83 bits per heavy atom. The zero-order valence-corrected chi connectivity index (χ0v) is 11.3. The Balaban J connectivity index is 2.19. The Bertz CT molecular complexity index is 548. The van der Waals surface area contributed by atoms with Crippen LogP contribution in [0.4, 0.5) is 0 Å². The number of halogens is 2. The predicted octanol–water partition coefficient (Wildman–Crippen LogP) is 4.53. The van der Waals surface area contributed by atoms with E-state index in [1.807, 2.05) is 24.3 Å². The third-order valence-electron chi connectivity index (χ3n) is 2.47. The molecule has 1 aromatic carbocycles. The van der Waals surface area contributed by atoms with Crippen molar-refractivity contribution in [2.45, 2.75) is 6.54 Å². The van der Waals surface area contributed by atoms with Crippen molar-refractivity contribution >= 4 is 23.2 Å². The molecule has 0 aliphatic carbocycles. The molecule has 2 nitrogen and oxygen atoms in total. The number of furan rings is 1. The van der Waals surface area contributed by atoms with Gasteiger partial charge in [0.05, 0.1) is 16.6 Å². The highest BCUT2D eigenvalue weighted by Crippen LogP contribution is 2.34. The minimum atomic E-state index is 0.513. The maximum absolute atomic E-state index is 6.14. The fraction of sp³-hybridized carbons (Fsp3) is 0.143. The van der Waals surface area contributed by atoms with Crippen molar-refractivity contribution in [3.05, 3.63) is 58.8 Å². The van der Waals surface area contributed by atoms with Gasteiger partial charge in [-0.25, -0.2) is 0 Å². The summed E-state index contributed by atoms with van der Waals surface area (Å²) in [5, 5.41) is 4.21. The molecule has 0 aliphatic heterocycles. The van der Waals surface area contributed by atoms with Crippen LogP contribution in [0.3, 0.4) is 0 Å². The van der Waals surface area contributed by atoms with Gasteiger partial charge in [-0.1, -0.05) is 35.3 Å². The molecular formula is C14H13Cl2NO. The fourth-order valence-corrected chi connectivity index (χ4v) is 2.00. The lowest BCUT2D eigenvalue weighted by molar-refractivity contribution is 0.502. The zero-order chi connectivity index (χ0) is 13.0. The molecule has 18 heavy (non-hydrogen) atoms. The van der Waals surface area contributed by atoms with Gasteiger partial charge in [-0.15, -0.1) is 6.58 Å². The summed E-state index contributed by atoms with van der Waals surface area (Å²) >= 11 is 12.1. The third kappa shape index (κ3) is 2.96. The Labute approximate surface area is 116 Å². The van der Waals surface area contributed by atoms with E-state index in [-0.39, 0.29) is 0 Å². The fourth-order valence-electron chi connectivity index (χ4n) is 1.61. The van der Waals surface area contributed by atoms with Gasteiger partial charge in [0.25, 0.3) is 0 Å². The van der Waals surface area contributed by atoms with Crippen LogP contribution in [0, 0.1) is 0 Å². The van der Waals surface area contributed by atoms with Crippen LogP contribution < -0.4 is 5.32 Å². The summed E-state index contributed by atoms with van der Waals surface area (Å²) in [7, 11) is 0. The van der Waals surface area contributed by atoms with E-state index in [2.05, 4.69) is 11.9 Å². The second-order valence-corrected chi connectivity index (χ2v) is 4.57. The average molecular weight is 282 g/mol. The van der Waals surface area contributed by atoms with E-state index in [1.54, 1.807) is 12.1 Å². The van der Waals surface area contributed by atoms with Crippen molar-refractivity contribution in [2.24, 2.45) is 0 Å². The average Bonchev–Trinajstić information content (AvgIpc) is 2.82. The van der Waals surface area contributed by atoms with Gasteiger partial charge in [-0.2, -0.15) is 0 Å². The summed E-state index contributed by atoms with van der Waals surface area (Å²) in [5.74, 6) is 1.57. The first-order valence-corrected chi connectivity index (χ1v) is 6.32. The molecule has 94 valence electrons. The van der Waals surface area contributed by atoms with Gasteiger partial charge in [-0.05, 0) is 24.3 Å². The van der Waals surface area contributed by atoms with E-state index in [0.29, 0.717) is 16.6 Å². The topological polar surface area (TPSA) is 25.2 Å². The summed E-state index contributed by atoms with van der Waals surface area (Å²) < 4.78 is 5.71. The molecule has 1 heterocycles. The molecule has 0 spiro atoms. The van der Waals surface area contributed by atoms with Gasteiger partial charge in [0.15, 0.2) is 0 Å². The molecule has 4 heteroatoms. The predicted molar refractivity (Wildman–Crippen MR) is 76.1 cm³/mol. The molecule has 0 radical (unpaired) electrons. The SMILES string of the molecule is C=CCNCc1ccc(-c2cccc(Cl)c2Cl)o1. The molecule has 0 fully saturated rings. The number of hydrogen-bond donors (Lipinski definition) is 1. The number of rotatable bonds is 5. The van der Waals surface area contributed by atoms with Crippen molar-refractivity contribution in [1.29, 1.82) is 0 Å². The summed E-state index contributed by atoms with van der Waals surface area (Å²) in [6, 6.07) is 9.30. The quantitative estimate of drug-likeness (QED) is 0.644. The Hall–Kier alpha value is -1.22. The largest absolute Gasteiger partial charge is 0.460 e. The van der Waals surface area contributed by atoms with Gasteiger partial charge in [0.1, 0.15) is 11.5 Å². The van der Waals surface area contributed by atoms with Crippen molar-refractivity contribution < 1.29 is 4.42 Å². The zero-order valence-electron chi connectivity index (χ0n) is 9.75. The van der Waals surface area contributed by atoms with E-state index in [0.717, 1.165) is 23.6 Å². The smallest absolute Gasteiger partial charge is 0.135 e. The summed E-state index contributed by atoms with van der Waals surface area (Å²) in [6.07, 6.45) is 1.80. The van der Waals surface area contributed by atoms with Crippen LogP contribution in [-0.4, -0.2) is 6.54 Å². The summed E-state index contributed by atoms with van der Waals surface area (Å²) in [5.41, 5.74) is 0.805. The summed E-state index contributed by atoms with van der Waals surface area (Å²) in [4.78, 5) is 0. The Morgan fingerprint density at radius 1 is 1.22 bits per heavy atom. The third-order valence-corrected chi connectivity index (χ3v) is 3.29. The minimum Gasteiger partial charge on any atom is -0.460 e. The second-order valence-electron chi connectivity index (χ2n) is 3.79. The highest BCUT2D eigenvalue weighted by atomic mass is 35.5. The normalized spacial score (nSPS) is 10.6. The molecule has 2 aromatic rings. The number of hydrogen-bond acceptors (Lipinski definition) is 2. The van der Waals surface area contributed by atoms with E-state index in [1.165, 1.54) is 0 Å². The molecule has 0 aliphatic rings. The molecule has 1 N–H and O–H groups in total. The monoisotopic (exact) mass is 281 g/mol. The number of benzene rings is 1. The molecule has 1 aromatic heterocycles. The van der Waals surface area contributed by atoms with E-state index < -0.39 is 0 Å².